The van der Waals surface area contributed by atoms with Crippen LogP contribution in [0.25, 0.3) is 0 Å². The second-order valence-corrected chi connectivity index (χ2v) is 4.75. The van der Waals surface area contributed by atoms with E-state index in [1.807, 2.05) is 0 Å². The summed E-state index contributed by atoms with van der Waals surface area (Å²) in [5.41, 5.74) is -0.0372. The van der Waals surface area contributed by atoms with Gasteiger partial charge in [-0.1, -0.05) is 12.2 Å². The van der Waals surface area contributed by atoms with Gasteiger partial charge in [0.1, 0.15) is 0 Å². The van der Waals surface area contributed by atoms with Crippen molar-refractivity contribution in [1.29, 1.82) is 0 Å². The van der Waals surface area contributed by atoms with Crippen LogP contribution in [-0.2, 0) is 4.74 Å². The molecule has 2 nitrogen and oxygen atoms in total. The van der Waals surface area contributed by atoms with E-state index in [0.717, 1.165) is 19.0 Å². The minimum atomic E-state index is -0.0372. The second-order valence-electron chi connectivity index (χ2n) is 4.75. The van der Waals surface area contributed by atoms with Gasteiger partial charge in [-0.05, 0) is 45.6 Å². The van der Waals surface area contributed by atoms with Crippen LogP contribution in [0.15, 0.2) is 12.2 Å². The van der Waals surface area contributed by atoms with Crippen molar-refractivity contribution in [3.05, 3.63) is 12.2 Å². The lowest BCUT2D eigenvalue weighted by Gasteiger charge is -2.25. The lowest BCUT2D eigenvalue weighted by molar-refractivity contribution is 0.0226. The van der Waals surface area contributed by atoms with E-state index in [0.29, 0.717) is 0 Å². The molecule has 0 aliphatic heterocycles. The van der Waals surface area contributed by atoms with E-state index in [-0.39, 0.29) is 5.60 Å². The van der Waals surface area contributed by atoms with Crippen LogP contribution in [0, 0.1) is 5.92 Å². The fourth-order valence-corrected chi connectivity index (χ4v) is 1.69. The van der Waals surface area contributed by atoms with Gasteiger partial charge in [0.05, 0.1) is 5.60 Å². The minimum Gasteiger partial charge on any atom is -0.377 e. The topological polar surface area (TPSA) is 21.3 Å². The molecule has 1 atom stereocenters. The molecule has 1 unspecified atom stereocenters. The number of rotatable bonds is 5. The zero-order valence-corrected chi connectivity index (χ0v) is 9.68. The Hall–Kier alpha value is -0.340. The Morgan fingerprint density at radius 3 is 2.79 bits per heavy atom. The molecule has 1 N–H and O–H groups in total. The highest BCUT2D eigenvalue weighted by Gasteiger charge is 2.16. The van der Waals surface area contributed by atoms with Gasteiger partial charge in [-0.2, -0.15) is 0 Å². The average Bonchev–Trinajstić information content (AvgIpc) is 2.19. The molecular weight excluding hydrogens is 174 g/mol. The summed E-state index contributed by atoms with van der Waals surface area (Å²) in [7, 11) is 1.77. The van der Waals surface area contributed by atoms with Crippen molar-refractivity contribution < 1.29 is 4.74 Å². The highest BCUT2D eigenvalue weighted by atomic mass is 16.5. The maximum atomic E-state index is 5.35. The monoisotopic (exact) mass is 197 g/mol. The summed E-state index contributed by atoms with van der Waals surface area (Å²) in [6, 6.07) is 0. The normalized spacial score (nSPS) is 22.6. The fraction of sp³-hybridized carbons (Fsp3) is 0.833. The molecule has 0 bridgehead atoms. The van der Waals surface area contributed by atoms with E-state index in [2.05, 4.69) is 31.3 Å². The van der Waals surface area contributed by atoms with Gasteiger partial charge < -0.3 is 10.1 Å². The summed E-state index contributed by atoms with van der Waals surface area (Å²) in [6.45, 7) is 6.28. The summed E-state index contributed by atoms with van der Waals surface area (Å²) < 4.78 is 5.35. The summed E-state index contributed by atoms with van der Waals surface area (Å²) in [5, 5.41) is 3.49. The predicted molar refractivity (Wildman–Crippen MR) is 60.4 cm³/mol. The SMILES string of the molecule is COC(C)(C)CNCC1CC=CCC1. The van der Waals surface area contributed by atoms with Crippen LogP contribution in [0.5, 0.6) is 0 Å². The van der Waals surface area contributed by atoms with E-state index in [4.69, 9.17) is 4.74 Å². The van der Waals surface area contributed by atoms with Crippen molar-refractivity contribution >= 4 is 0 Å². The minimum absolute atomic E-state index is 0.0372. The van der Waals surface area contributed by atoms with E-state index in [9.17, 15) is 0 Å². The van der Waals surface area contributed by atoms with E-state index < -0.39 is 0 Å². The Labute approximate surface area is 87.7 Å². The van der Waals surface area contributed by atoms with Crippen molar-refractivity contribution in [2.75, 3.05) is 20.2 Å². The number of methoxy groups -OCH3 is 1. The third kappa shape index (κ3) is 4.25. The first-order valence-corrected chi connectivity index (χ1v) is 5.55. The van der Waals surface area contributed by atoms with Crippen molar-refractivity contribution in [1.82, 2.24) is 5.32 Å². The van der Waals surface area contributed by atoms with Gasteiger partial charge in [0.15, 0.2) is 0 Å². The van der Waals surface area contributed by atoms with Gasteiger partial charge in [-0.15, -0.1) is 0 Å². The Bertz CT molecular complexity index is 187. The van der Waals surface area contributed by atoms with Crippen LogP contribution >= 0.6 is 0 Å². The van der Waals surface area contributed by atoms with Crippen molar-refractivity contribution in [3.8, 4) is 0 Å². The smallest absolute Gasteiger partial charge is 0.0746 e. The molecule has 14 heavy (non-hydrogen) atoms. The summed E-state index contributed by atoms with van der Waals surface area (Å²) >= 11 is 0. The molecule has 0 aromatic rings. The molecule has 0 spiro atoms. The first-order valence-electron chi connectivity index (χ1n) is 5.55. The van der Waals surface area contributed by atoms with Gasteiger partial charge >= 0.3 is 0 Å². The molecular formula is C12H23NO. The van der Waals surface area contributed by atoms with E-state index in [1.165, 1.54) is 19.3 Å². The maximum Gasteiger partial charge on any atom is 0.0746 e. The Morgan fingerprint density at radius 2 is 2.21 bits per heavy atom. The number of hydrogen-bond acceptors (Lipinski definition) is 2. The summed E-state index contributed by atoms with van der Waals surface area (Å²) in [5.74, 6) is 0.827. The quantitative estimate of drug-likeness (QED) is 0.683. The largest absolute Gasteiger partial charge is 0.377 e. The molecule has 2 heteroatoms. The number of hydrogen-bond donors (Lipinski definition) is 1. The first kappa shape index (κ1) is 11.7. The number of allylic oxidation sites excluding steroid dienone is 2. The highest BCUT2D eigenvalue weighted by Crippen LogP contribution is 2.17. The summed E-state index contributed by atoms with van der Waals surface area (Å²) in [4.78, 5) is 0. The molecule has 82 valence electrons. The van der Waals surface area contributed by atoms with Gasteiger partial charge in [0.2, 0.25) is 0 Å². The summed E-state index contributed by atoms with van der Waals surface area (Å²) in [6.07, 6.45) is 8.41. The van der Waals surface area contributed by atoms with Crippen LogP contribution in [0.4, 0.5) is 0 Å². The second kappa shape index (κ2) is 5.52. The number of ether oxygens (including phenoxy) is 1. The zero-order valence-electron chi connectivity index (χ0n) is 9.68. The van der Waals surface area contributed by atoms with Gasteiger partial charge in [-0.3, -0.25) is 0 Å². The van der Waals surface area contributed by atoms with Crippen LogP contribution in [-0.4, -0.2) is 25.8 Å². The van der Waals surface area contributed by atoms with Crippen molar-refractivity contribution in [2.24, 2.45) is 5.92 Å². The van der Waals surface area contributed by atoms with Gasteiger partial charge in [0.25, 0.3) is 0 Å². The molecule has 0 aromatic carbocycles. The van der Waals surface area contributed by atoms with Gasteiger partial charge in [0, 0.05) is 13.7 Å². The van der Waals surface area contributed by atoms with Crippen molar-refractivity contribution in [2.45, 2.75) is 38.7 Å². The molecule has 0 saturated carbocycles. The Kier molecular flexibility index (Phi) is 4.63. The molecule has 0 saturated heterocycles. The van der Waals surface area contributed by atoms with Gasteiger partial charge in [-0.25, -0.2) is 0 Å². The standard InChI is InChI=1S/C12H23NO/c1-12(2,14-3)10-13-9-11-7-5-4-6-8-11/h4-5,11,13H,6-10H2,1-3H3. The first-order chi connectivity index (χ1) is 6.64. The Morgan fingerprint density at radius 1 is 1.43 bits per heavy atom. The molecule has 0 radical (unpaired) electrons. The molecule has 1 aliphatic carbocycles. The lowest BCUT2D eigenvalue weighted by Crippen LogP contribution is -2.38. The molecule has 0 fully saturated rings. The molecule has 1 aliphatic rings. The average molecular weight is 197 g/mol. The van der Waals surface area contributed by atoms with Crippen LogP contribution in [0.3, 0.4) is 0 Å². The van der Waals surface area contributed by atoms with Crippen LogP contribution in [0.2, 0.25) is 0 Å². The van der Waals surface area contributed by atoms with Crippen LogP contribution < -0.4 is 5.32 Å². The number of nitrogens with one attached hydrogen (secondary N) is 1. The predicted octanol–water partition coefficient (Wildman–Crippen LogP) is 2.36. The molecule has 0 amide bonds. The van der Waals surface area contributed by atoms with Crippen LogP contribution in [0.1, 0.15) is 33.1 Å². The molecule has 1 rings (SSSR count). The maximum absolute atomic E-state index is 5.35. The third-order valence-corrected chi connectivity index (χ3v) is 2.91. The zero-order chi connectivity index (χ0) is 10.4. The Balaban J connectivity index is 2.11. The van der Waals surface area contributed by atoms with Crippen molar-refractivity contribution in [3.63, 3.8) is 0 Å². The third-order valence-electron chi connectivity index (χ3n) is 2.91. The molecule has 0 heterocycles. The fourth-order valence-electron chi connectivity index (χ4n) is 1.69. The lowest BCUT2D eigenvalue weighted by atomic mass is 9.94. The van der Waals surface area contributed by atoms with E-state index >= 15 is 0 Å². The highest BCUT2D eigenvalue weighted by molar-refractivity contribution is 4.90. The molecule has 0 aromatic heterocycles. The van der Waals surface area contributed by atoms with E-state index in [1.54, 1.807) is 7.11 Å².